The van der Waals surface area contributed by atoms with Gasteiger partial charge in [-0.15, -0.1) is 0 Å². The molecule has 0 rings (SSSR count). The molecule has 0 saturated carbocycles. The summed E-state index contributed by atoms with van der Waals surface area (Å²) in [5.41, 5.74) is 0. The van der Waals surface area contributed by atoms with Gasteiger partial charge in [0.1, 0.15) is 13.2 Å². The maximum Gasteiger partial charge on any atom is 0.306 e. The van der Waals surface area contributed by atoms with Crippen LogP contribution in [0.2, 0.25) is 0 Å². The molecule has 58 heavy (non-hydrogen) atoms. The Kier molecular flexibility index (Phi) is 44.5. The molecule has 0 bridgehead atoms. The summed E-state index contributed by atoms with van der Waals surface area (Å²) in [4.78, 5) is 37.6. The Bertz CT molecular complexity index is 1070. The van der Waals surface area contributed by atoms with Crippen molar-refractivity contribution in [3.63, 3.8) is 0 Å². The SMILES string of the molecule is CC/C=C\C/C=C\C/C=C\C/C=C\C/C=C\CCCCCCCC(=O)OCC(COC(=O)CCCCCCCC)OC(=O)CCCCCCCCCCCCCCC. The smallest absolute Gasteiger partial charge is 0.306 e. The van der Waals surface area contributed by atoms with Gasteiger partial charge in [-0.3, -0.25) is 14.4 Å². The van der Waals surface area contributed by atoms with Gasteiger partial charge >= 0.3 is 17.9 Å². The van der Waals surface area contributed by atoms with Gasteiger partial charge in [-0.1, -0.05) is 210 Å². The molecule has 0 heterocycles. The topological polar surface area (TPSA) is 78.9 Å². The molecule has 0 spiro atoms. The molecule has 0 N–H and O–H groups in total. The van der Waals surface area contributed by atoms with Crippen molar-refractivity contribution in [2.75, 3.05) is 13.2 Å². The lowest BCUT2D eigenvalue weighted by atomic mass is 10.0. The molecule has 1 atom stereocenters. The van der Waals surface area contributed by atoms with Crippen LogP contribution in [-0.2, 0) is 28.6 Å². The molecular weight excluding hydrogens is 721 g/mol. The molecule has 0 aromatic heterocycles. The highest BCUT2D eigenvalue weighted by atomic mass is 16.6. The third kappa shape index (κ3) is 44.2. The Hall–Kier alpha value is -2.89. The van der Waals surface area contributed by atoms with Gasteiger partial charge in [0.05, 0.1) is 0 Å². The van der Waals surface area contributed by atoms with Crippen molar-refractivity contribution in [3.05, 3.63) is 60.8 Å². The largest absolute Gasteiger partial charge is 0.462 e. The molecule has 0 aromatic carbocycles. The van der Waals surface area contributed by atoms with Gasteiger partial charge in [-0.2, -0.15) is 0 Å². The first-order valence-corrected chi connectivity index (χ1v) is 24.3. The van der Waals surface area contributed by atoms with Crippen LogP contribution in [0.1, 0.15) is 233 Å². The third-order valence-corrected chi connectivity index (χ3v) is 10.3. The minimum Gasteiger partial charge on any atom is -0.462 e. The van der Waals surface area contributed by atoms with Crippen molar-refractivity contribution < 1.29 is 28.6 Å². The molecule has 0 radical (unpaired) electrons. The summed E-state index contributed by atoms with van der Waals surface area (Å²) in [6.07, 6.45) is 56.5. The van der Waals surface area contributed by atoms with Crippen LogP contribution in [0, 0.1) is 0 Å². The van der Waals surface area contributed by atoms with E-state index >= 15 is 0 Å². The van der Waals surface area contributed by atoms with E-state index in [1.54, 1.807) is 0 Å². The number of ether oxygens (including phenoxy) is 3. The van der Waals surface area contributed by atoms with Crippen LogP contribution < -0.4 is 0 Å². The monoisotopic (exact) mass is 811 g/mol. The van der Waals surface area contributed by atoms with Gasteiger partial charge in [0.15, 0.2) is 6.10 Å². The summed E-state index contributed by atoms with van der Waals surface area (Å²) in [5, 5.41) is 0. The maximum absolute atomic E-state index is 12.7. The average molecular weight is 811 g/mol. The molecule has 0 amide bonds. The van der Waals surface area contributed by atoms with E-state index in [0.29, 0.717) is 19.3 Å². The lowest BCUT2D eigenvalue weighted by molar-refractivity contribution is -0.167. The summed E-state index contributed by atoms with van der Waals surface area (Å²) in [6.45, 7) is 6.44. The number of carbonyl (C=O) groups excluding carboxylic acids is 3. The fourth-order valence-corrected chi connectivity index (χ4v) is 6.64. The molecule has 0 aromatic rings. The number of unbranched alkanes of at least 4 members (excludes halogenated alkanes) is 22. The van der Waals surface area contributed by atoms with E-state index in [4.69, 9.17) is 14.2 Å². The first kappa shape index (κ1) is 55.1. The molecule has 6 heteroatoms. The Morgan fingerprint density at radius 1 is 0.362 bits per heavy atom. The Labute approximate surface area is 358 Å². The zero-order chi connectivity index (χ0) is 42.3. The van der Waals surface area contributed by atoms with Crippen LogP contribution in [0.4, 0.5) is 0 Å². The molecule has 0 aliphatic carbocycles. The minimum absolute atomic E-state index is 0.0792. The zero-order valence-corrected chi connectivity index (χ0v) is 38.0. The Morgan fingerprint density at radius 2 is 0.672 bits per heavy atom. The van der Waals surface area contributed by atoms with Gasteiger partial charge < -0.3 is 14.2 Å². The van der Waals surface area contributed by atoms with Gasteiger partial charge in [0.25, 0.3) is 0 Å². The van der Waals surface area contributed by atoms with E-state index in [-0.39, 0.29) is 31.1 Å². The number of hydrogen-bond acceptors (Lipinski definition) is 6. The molecule has 334 valence electrons. The predicted molar refractivity (Wildman–Crippen MR) is 247 cm³/mol. The van der Waals surface area contributed by atoms with Crippen molar-refractivity contribution in [2.24, 2.45) is 0 Å². The molecule has 0 saturated heterocycles. The van der Waals surface area contributed by atoms with Crippen LogP contribution in [0.5, 0.6) is 0 Å². The van der Waals surface area contributed by atoms with Crippen LogP contribution in [-0.4, -0.2) is 37.2 Å². The second-order valence-electron chi connectivity index (χ2n) is 16.0. The second-order valence-corrected chi connectivity index (χ2v) is 16.0. The van der Waals surface area contributed by atoms with Crippen LogP contribution in [0.3, 0.4) is 0 Å². The number of esters is 3. The molecule has 0 aliphatic heterocycles. The first-order chi connectivity index (χ1) is 28.5. The van der Waals surface area contributed by atoms with Crippen LogP contribution in [0.15, 0.2) is 60.8 Å². The first-order valence-electron chi connectivity index (χ1n) is 24.3. The molecule has 6 nitrogen and oxygen atoms in total. The van der Waals surface area contributed by atoms with Crippen LogP contribution in [0.25, 0.3) is 0 Å². The lowest BCUT2D eigenvalue weighted by Gasteiger charge is -2.18. The highest BCUT2D eigenvalue weighted by Gasteiger charge is 2.19. The zero-order valence-electron chi connectivity index (χ0n) is 38.0. The number of hydrogen-bond donors (Lipinski definition) is 0. The van der Waals surface area contributed by atoms with Crippen molar-refractivity contribution >= 4 is 17.9 Å². The fourth-order valence-electron chi connectivity index (χ4n) is 6.64. The second kappa shape index (κ2) is 46.8. The van der Waals surface area contributed by atoms with E-state index < -0.39 is 6.10 Å². The van der Waals surface area contributed by atoms with Gasteiger partial charge in [0.2, 0.25) is 0 Å². The van der Waals surface area contributed by atoms with Gasteiger partial charge in [0, 0.05) is 19.3 Å². The molecular formula is C52H90O6. The highest BCUT2D eigenvalue weighted by Crippen LogP contribution is 2.15. The molecule has 0 fully saturated rings. The van der Waals surface area contributed by atoms with Crippen molar-refractivity contribution in [1.29, 1.82) is 0 Å². The number of rotatable bonds is 43. The summed E-state index contributed by atoms with van der Waals surface area (Å²) in [5.74, 6) is -0.906. The van der Waals surface area contributed by atoms with E-state index in [1.165, 1.54) is 83.5 Å². The highest BCUT2D eigenvalue weighted by molar-refractivity contribution is 5.71. The Balaban J connectivity index is 4.25. The minimum atomic E-state index is -0.775. The van der Waals surface area contributed by atoms with Gasteiger partial charge in [-0.05, 0) is 64.2 Å². The van der Waals surface area contributed by atoms with Gasteiger partial charge in [-0.25, -0.2) is 0 Å². The summed E-state index contributed by atoms with van der Waals surface area (Å²) in [7, 11) is 0. The summed E-state index contributed by atoms with van der Waals surface area (Å²) >= 11 is 0. The average Bonchev–Trinajstić information content (AvgIpc) is 3.22. The maximum atomic E-state index is 12.7. The van der Waals surface area contributed by atoms with Crippen molar-refractivity contribution in [1.82, 2.24) is 0 Å². The molecule has 0 aliphatic rings. The summed E-state index contributed by atoms with van der Waals surface area (Å²) < 4.78 is 16.7. The van der Waals surface area contributed by atoms with E-state index in [1.807, 2.05) is 0 Å². The normalized spacial score (nSPS) is 12.5. The van der Waals surface area contributed by atoms with Crippen molar-refractivity contribution in [3.8, 4) is 0 Å². The molecule has 1 unspecified atom stereocenters. The van der Waals surface area contributed by atoms with E-state index in [0.717, 1.165) is 109 Å². The third-order valence-electron chi connectivity index (χ3n) is 10.3. The van der Waals surface area contributed by atoms with E-state index in [2.05, 4.69) is 81.5 Å². The number of carbonyl (C=O) groups is 3. The standard InChI is InChI=1S/C52H90O6/c1-4-7-10-13-16-18-20-22-23-24-25-26-27-28-29-31-32-34-36-39-42-45-51(54)57-48-49(47-56-50(53)44-41-38-15-12-9-6-3)58-52(55)46-43-40-37-35-33-30-21-19-17-14-11-8-5-2/h7,10,16,18,22-23,25-26,28-29,49H,4-6,8-9,11-15,17,19-21,24,27,30-48H2,1-3H3/b10-7-,18-16-,23-22-,26-25-,29-28-. The lowest BCUT2D eigenvalue weighted by Crippen LogP contribution is -2.30. The summed E-state index contributed by atoms with van der Waals surface area (Å²) in [6, 6.07) is 0. The van der Waals surface area contributed by atoms with Crippen LogP contribution >= 0.6 is 0 Å². The number of allylic oxidation sites excluding steroid dienone is 10. The Morgan fingerprint density at radius 3 is 1.05 bits per heavy atom. The van der Waals surface area contributed by atoms with Crippen molar-refractivity contribution in [2.45, 2.75) is 239 Å². The van der Waals surface area contributed by atoms with E-state index in [9.17, 15) is 14.4 Å². The fraction of sp³-hybridized carbons (Fsp3) is 0.750. The predicted octanol–water partition coefficient (Wildman–Crippen LogP) is 15.7. The quantitative estimate of drug-likeness (QED) is 0.0264.